The minimum atomic E-state index is 0.718. The number of hydrogen-bond donors (Lipinski definition) is 0. The van der Waals surface area contributed by atoms with Gasteiger partial charge in [-0.25, -0.2) is 9.97 Å². The zero-order valence-corrected chi connectivity index (χ0v) is 32.7. The molecule has 0 unspecified atom stereocenters. The van der Waals surface area contributed by atoms with Gasteiger partial charge in [0.2, 0.25) is 0 Å². The predicted octanol–water partition coefficient (Wildman–Crippen LogP) is 15.8. The number of hydrogen-bond acceptors (Lipinski definition) is 3. The molecule has 2 aromatic heterocycles. The summed E-state index contributed by atoms with van der Waals surface area (Å²) in [5.41, 5.74) is 9.88. The number of benzene rings is 10. The first-order valence-corrected chi connectivity index (χ1v) is 20.9. The van der Waals surface area contributed by atoms with Crippen molar-refractivity contribution in [3.63, 3.8) is 0 Å². The Bertz CT molecular complexity index is 3600. The van der Waals surface area contributed by atoms with E-state index in [1.807, 2.05) is 29.5 Å². The van der Waals surface area contributed by atoms with Crippen LogP contribution >= 0.6 is 11.3 Å². The fraction of sp³-hybridized carbons (Fsp3) is 0. The Morgan fingerprint density at radius 2 is 0.932 bits per heavy atom. The fourth-order valence-corrected chi connectivity index (χ4v) is 10.3. The van der Waals surface area contributed by atoms with Crippen molar-refractivity contribution in [1.29, 1.82) is 0 Å². The second-order valence-corrected chi connectivity index (χ2v) is 16.3. The van der Waals surface area contributed by atoms with E-state index in [4.69, 9.17) is 9.97 Å². The van der Waals surface area contributed by atoms with E-state index >= 15 is 0 Å². The summed E-state index contributed by atoms with van der Waals surface area (Å²) in [6.07, 6.45) is 0. The van der Waals surface area contributed by atoms with Gasteiger partial charge in [-0.1, -0.05) is 188 Å². The Kier molecular flexibility index (Phi) is 7.75. The first-order valence-electron chi connectivity index (χ1n) is 20.1. The van der Waals surface area contributed by atoms with Gasteiger partial charge >= 0.3 is 0 Å². The van der Waals surface area contributed by atoms with Crippen LogP contribution in [0.5, 0.6) is 0 Å². The van der Waals surface area contributed by atoms with Crippen molar-refractivity contribution < 1.29 is 0 Å². The summed E-state index contributed by atoms with van der Waals surface area (Å²) < 4.78 is 2.52. The predicted molar refractivity (Wildman–Crippen MR) is 252 cm³/mol. The van der Waals surface area contributed by atoms with Gasteiger partial charge in [0.15, 0.2) is 5.82 Å². The summed E-state index contributed by atoms with van der Waals surface area (Å²) in [5.74, 6) is 0.718. The molecule has 0 atom stereocenters. The molecule has 0 aliphatic carbocycles. The van der Waals surface area contributed by atoms with Gasteiger partial charge in [-0.15, -0.1) is 11.3 Å². The third-order valence-electron chi connectivity index (χ3n) is 11.9. The summed E-state index contributed by atoms with van der Waals surface area (Å²) in [5, 5.41) is 12.6. The van der Waals surface area contributed by atoms with Crippen LogP contribution in [0.25, 0.3) is 119 Å². The van der Waals surface area contributed by atoms with Crippen LogP contribution in [0.2, 0.25) is 0 Å². The molecule has 10 aromatic carbocycles. The standard InChI is InChI=1S/C56H34N2S/c1-2-14-38(15-3-1)56-57-51(34-52(58-56)49-23-12-22-48-45-21-10-11-24-53(45)59-55(48)49)37-27-25-36(26-28-37)41-31-32-46(44-20-9-8-19-43(41)44)54-42-18-7-5-16-39(42)33-50-40-17-6-4-13-35(40)29-30-47(50)54/h1-34H. The normalized spacial score (nSPS) is 11.7. The van der Waals surface area contributed by atoms with Crippen molar-refractivity contribution in [1.82, 2.24) is 9.97 Å². The average molecular weight is 767 g/mol. The van der Waals surface area contributed by atoms with Gasteiger partial charge in [-0.2, -0.15) is 0 Å². The van der Waals surface area contributed by atoms with Crippen LogP contribution in [-0.4, -0.2) is 9.97 Å². The maximum atomic E-state index is 5.20. The smallest absolute Gasteiger partial charge is 0.160 e. The highest BCUT2D eigenvalue weighted by atomic mass is 32.1. The molecule has 12 aromatic rings. The number of nitrogens with zero attached hydrogens (tertiary/aromatic N) is 2. The molecule has 0 bridgehead atoms. The molecule has 3 heteroatoms. The molecule has 0 fully saturated rings. The minimum absolute atomic E-state index is 0.718. The molecule has 2 nitrogen and oxygen atoms in total. The second-order valence-electron chi connectivity index (χ2n) is 15.2. The quantitative estimate of drug-likeness (QED) is 0.129. The summed E-state index contributed by atoms with van der Waals surface area (Å²) in [6.45, 7) is 0. The van der Waals surface area contributed by atoms with Gasteiger partial charge in [0.1, 0.15) is 0 Å². The van der Waals surface area contributed by atoms with Gasteiger partial charge in [-0.3, -0.25) is 0 Å². The summed E-state index contributed by atoms with van der Waals surface area (Å²) >= 11 is 1.83. The van der Waals surface area contributed by atoms with Crippen molar-refractivity contribution in [2.45, 2.75) is 0 Å². The van der Waals surface area contributed by atoms with Crippen molar-refractivity contribution in [2.75, 3.05) is 0 Å². The summed E-state index contributed by atoms with van der Waals surface area (Å²) in [4.78, 5) is 10.4. The van der Waals surface area contributed by atoms with Crippen LogP contribution in [0, 0.1) is 0 Å². The number of aromatic nitrogens is 2. The lowest BCUT2D eigenvalue weighted by Gasteiger charge is -2.17. The van der Waals surface area contributed by atoms with E-state index in [-0.39, 0.29) is 0 Å². The topological polar surface area (TPSA) is 25.8 Å². The monoisotopic (exact) mass is 766 g/mol. The van der Waals surface area contributed by atoms with Crippen LogP contribution in [-0.2, 0) is 0 Å². The van der Waals surface area contributed by atoms with E-state index < -0.39 is 0 Å². The Morgan fingerprint density at radius 3 is 1.76 bits per heavy atom. The Labute approximate surface area is 345 Å². The van der Waals surface area contributed by atoms with E-state index in [2.05, 4.69) is 188 Å². The van der Waals surface area contributed by atoms with Crippen LogP contribution in [0.3, 0.4) is 0 Å². The van der Waals surface area contributed by atoms with E-state index in [0.29, 0.717) is 0 Å². The Hall–Kier alpha value is -7.46. The fourth-order valence-electron chi connectivity index (χ4n) is 9.10. The van der Waals surface area contributed by atoms with Crippen LogP contribution in [0.15, 0.2) is 206 Å². The zero-order chi connectivity index (χ0) is 38.9. The molecule has 0 aliphatic rings. The number of thiophene rings is 1. The molecule has 0 amide bonds. The maximum absolute atomic E-state index is 5.20. The second kappa shape index (κ2) is 13.6. The largest absolute Gasteiger partial charge is 0.228 e. The first-order chi connectivity index (χ1) is 29.2. The highest BCUT2D eigenvalue weighted by Crippen LogP contribution is 2.44. The molecule has 0 aliphatic heterocycles. The minimum Gasteiger partial charge on any atom is -0.228 e. The zero-order valence-electron chi connectivity index (χ0n) is 31.9. The highest BCUT2D eigenvalue weighted by Gasteiger charge is 2.18. The highest BCUT2D eigenvalue weighted by molar-refractivity contribution is 7.26. The van der Waals surface area contributed by atoms with Crippen LogP contribution in [0.4, 0.5) is 0 Å². The van der Waals surface area contributed by atoms with E-state index in [0.717, 1.165) is 39.5 Å². The van der Waals surface area contributed by atoms with Crippen molar-refractivity contribution in [3.8, 4) is 56.2 Å². The van der Waals surface area contributed by atoms with Crippen molar-refractivity contribution >= 4 is 74.6 Å². The number of fused-ring (bicyclic) bond motifs is 8. The first kappa shape index (κ1) is 33.7. The molecular formula is C56H34N2S. The molecule has 0 N–H and O–H groups in total. The summed E-state index contributed by atoms with van der Waals surface area (Å²) in [6, 6.07) is 74.6. The van der Waals surface area contributed by atoms with Gasteiger partial charge in [0, 0.05) is 36.9 Å². The molecule has 0 saturated carbocycles. The third kappa shape index (κ3) is 5.55. The lowest BCUT2D eigenvalue weighted by Crippen LogP contribution is -1.96. The molecule has 0 radical (unpaired) electrons. The van der Waals surface area contributed by atoms with E-state index in [1.165, 1.54) is 80.0 Å². The van der Waals surface area contributed by atoms with E-state index in [9.17, 15) is 0 Å². The molecule has 274 valence electrons. The van der Waals surface area contributed by atoms with Crippen molar-refractivity contribution in [3.05, 3.63) is 206 Å². The molecule has 2 heterocycles. The van der Waals surface area contributed by atoms with Crippen molar-refractivity contribution in [2.24, 2.45) is 0 Å². The molecule has 0 spiro atoms. The van der Waals surface area contributed by atoms with Gasteiger partial charge in [0.05, 0.1) is 11.4 Å². The summed E-state index contributed by atoms with van der Waals surface area (Å²) in [7, 11) is 0. The lowest BCUT2D eigenvalue weighted by atomic mass is 9.86. The Balaban J connectivity index is 0.995. The number of rotatable bonds is 5. The molecule has 12 rings (SSSR count). The van der Waals surface area contributed by atoms with Gasteiger partial charge in [0.25, 0.3) is 0 Å². The molecule has 59 heavy (non-hydrogen) atoms. The third-order valence-corrected chi connectivity index (χ3v) is 13.1. The van der Waals surface area contributed by atoms with Crippen LogP contribution < -0.4 is 0 Å². The van der Waals surface area contributed by atoms with Gasteiger partial charge < -0.3 is 0 Å². The SMILES string of the molecule is c1ccc(-c2nc(-c3ccc(-c4ccc(-c5c6ccccc6cc6c5ccc5ccccc56)c5ccccc45)cc3)cc(-c3cccc4c3sc3ccccc34)n2)cc1. The lowest BCUT2D eigenvalue weighted by molar-refractivity contribution is 1.19. The molecule has 0 saturated heterocycles. The maximum Gasteiger partial charge on any atom is 0.160 e. The van der Waals surface area contributed by atoms with Gasteiger partial charge in [-0.05, 0) is 83.5 Å². The Morgan fingerprint density at radius 1 is 0.305 bits per heavy atom. The van der Waals surface area contributed by atoms with E-state index in [1.54, 1.807) is 0 Å². The molecular weight excluding hydrogens is 733 g/mol. The average Bonchev–Trinajstić information content (AvgIpc) is 3.70. The van der Waals surface area contributed by atoms with Crippen LogP contribution in [0.1, 0.15) is 0 Å².